The van der Waals surface area contributed by atoms with Crippen molar-refractivity contribution in [3.05, 3.63) is 37.1 Å². The van der Waals surface area contributed by atoms with Gasteiger partial charge in [-0.15, -0.1) is 0 Å². The fourth-order valence-corrected chi connectivity index (χ4v) is 7.17. The van der Waals surface area contributed by atoms with Crippen molar-refractivity contribution in [1.82, 2.24) is 0 Å². The van der Waals surface area contributed by atoms with Gasteiger partial charge >= 0.3 is 17.9 Å². The summed E-state index contributed by atoms with van der Waals surface area (Å²) >= 11 is 0. The average molecular weight is 1250 g/mol. The number of methoxy groups -OCH3 is 1. The molecule has 4 heterocycles. The van der Waals surface area contributed by atoms with Gasteiger partial charge in [-0.2, -0.15) is 0 Å². The van der Waals surface area contributed by atoms with Gasteiger partial charge in [0.05, 0.1) is 94.7 Å². The average Bonchev–Trinajstić information content (AvgIpc) is 2.13. The van der Waals surface area contributed by atoms with Crippen molar-refractivity contribution in [3.63, 3.8) is 0 Å². The molecule has 1 unspecified atom stereocenters. The monoisotopic (exact) mass is 1250 g/mol. The van der Waals surface area contributed by atoms with Crippen LogP contribution in [0.3, 0.4) is 0 Å². The summed E-state index contributed by atoms with van der Waals surface area (Å²) in [5.74, 6) is -1.97. The Morgan fingerprint density at radius 1 is 0.616 bits per heavy atom. The molecule has 10 N–H and O–H groups in total. The molecule has 0 bridgehead atoms. The number of aliphatic hydroxyl groups excluding tert-OH is 10. The third kappa shape index (κ3) is 50.0. The number of esters is 3. The summed E-state index contributed by atoms with van der Waals surface area (Å²) in [5.41, 5.74) is 0. The van der Waals surface area contributed by atoms with E-state index in [1.807, 2.05) is 41.5 Å². The molecule has 26 nitrogen and oxygen atoms in total. The van der Waals surface area contributed by atoms with Gasteiger partial charge in [-0.05, 0) is 143 Å². The van der Waals surface area contributed by atoms with E-state index in [2.05, 4.69) is 22.6 Å². The Hall–Kier alpha value is -3.91. The second-order valence-electron chi connectivity index (χ2n) is 22.4. The number of carbonyl (C=O) groups excluding carboxylic acids is 5. The third-order valence-electron chi connectivity index (χ3n) is 10.8. The van der Waals surface area contributed by atoms with Crippen LogP contribution in [0.4, 0.5) is 0 Å². The number of ether oxygens (including phenoxy) is 11. The highest BCUT2D eigenvalue weighted by Crippen LogP contribution is 2.34. The second-order valence-corrected chi connectivity index (χ2v) is 22.4. The quantitative estimate of drug-likeness (QED) is 0.0216. The fraction of sp³-hybridized carbons (Fsp3) is 0.817. The molecule has 0 spiro atoms. The van der Waals surface area contributed by atoms with Crippen LogP contribution in [0.15, 0.2) is 37.1 Å². The zero-order chi connectivity index (χ0) is 67.6. The van der Waals surface area contributed by atoms with Crippen molar-refractivity contribution < 1.29 is 127 Å². The Kier molecular flexibility index (Phi) is 50.4. The van der Waals surface area contributed by atoms with E-state index in [-0.39, 0.29) is 104 Å². The lowest BCUT2D eigenvalue weighted by Crippen LogP contribution is -2.39. The molecule has 26 heteroatoms. The summed E-state index contributed by atoms with van der Waals surface area (Å²) < 4.78 is 57.7. The van der Waals surface area contributed by atoms with Gasteiger partial charge in [0, 0.05) is 43.9 Å². The first-order chi connectivity index (χ1) is 39.7. The first-order valence-electron chi connectivity index (χ1n) is 28.9. The van der Waals surface area contributed by atoms with Gasteiger partial charge in [-0.1, -0.05) is 19.2 Å². The van der Waals surface area contributed by atoms with Crippen molar-refractivity contribution in [1.29, 1.82) is 0 Å². The highest BCUT2D eigenvalue weighted by molar-refractivity contribution is 5.82. The maximum absolute atomic E-state index is 11.4. The summed E-state index contributed by atoms with van der Waals surface area (Å²) in [4.78, 5) is 53.1. The van der Waals surface area contributed by atoms with E-state index in [1.165, 1.54) is 13.0 Å². The predicted molar refractivity (Wildman–Crippen MR) is 316 cm³/mol. The van der Waals surface area contributed by atoms with E-state index >= 15 is 0 Å². The summed E-state index contributed by atoms with van der Waals surface area (Å²) in [7, 11) is 1.60. The first-order valence-corrected chi connectivity index (χ1v) is 28.9. The minimum atomic E-state index is -1.20. The number of carbonyl (C=O) groups is 5. The highest BCUT2D eigenvalue weighted by atomic mass is 16.8. The zero-order valence-corrected chi connectivity index (χ0v) is 54.3. The van der Waals surface area contributed by atoms with Crippen LogP contribution in [0.2, 0.25) is 0 Å². The van der Waals surface area contributed by atoms with E-state index in [0.29, 0.717) is 64.3 Å². The van der Waals surface area contributed by atoms with E-state index < -0.39 is 61.3 Å². The van der Waals surface area contributed by atoms with Crippen LogP contribution < -0.4 is 0 Å². The van der Waals surface area contributed by atoms with Gasteiger partial charge < -0.3 is 113 Å². The molecular weight excluding hydrogens is 1140 g/mol. The van der Waals surface area contributed by atoms with Gasteiger partial charge in [0.2, 0.25) is 0 Å². The van der Waals surface area contributed by atoms with Crippen LogP contribution in [0, 0.1) is 0 Å². The van der Waals surface area contributed by atoms with E-state index in [9.17, 15) is 34.2 Å². The van der Waals surface area contributed by atoms with Crippen molar-refractivity contribution in [3.8, 4) is 0 Å². The number of aldehydes is 1. The summed E-state index contributed by atoms with van der Waals surface area (Å²) in [6.45, 7) is 34.5. The number of rotatable bonds is 24. The molecule has 4 aliphatic heterocycles. The number of fused-ring (bicyclic) bond motifs is 1. The standard InChI is InChI=1S/C13H24O5.C13H22O5.C8H14O4.C8H16O4.C6H10O2.C5H10O4.C4H8O.C3H8O/c2*1-9(2)16-12(15)7-5-6-10-11(8-14)18-13(3,4)17-10;1-8(2)11-5-3-7(9)10-4-6(5)12-8;1-6(10)3-2-4-7(11)8(12)5-9;1-4-6(7)8-5(2)3;6-2-1-4(8)5(9)3-7;1-4(2)5-3;1-3(2)4/h9-11,14H,5-8H2,1-4H3;5,7,9-11,14H,6,8H2,1-4H3;5-7,9H,3-4H2,1-2H3;7-9,11-12H,2-5H2,1H3;4-5H,1H2,2-3H3;2,4-5,7-9H,1,3H2;1H2,2-3H3;3-4H,1-2H3/b;7-5+;;;;;;/t2*10-,11+;5-,6+,7?;7-,8+;;4-,5+;;/m0000.0../s1. The van der Waals surface area contributed by atoms with Crippen LogP contribution in [0.25, 0.3) is 0 Å². The molecule has 0 radical (unpaired) electrons. The number of ketones is 1. The normalized spacial score (nSPS) is 23.2. The van der Waals surface area contributed by atoms with E-state index in [0.717, 1.165) is 11.8 Å². The zero-order valence-electron chi connectivity index (χ0n) is 54.3. The van der Waals surface area contributed by atoms with Crippen LogP contribution in [0.1, 0.15) is 169 Å². The van der Waals surface area contributed by atoms with Crippen molar-refractivity contribution in [2.45, 2.75) is 278 Å². The van der Waals surface area contributed by atoms with Gasteiger partial charge in [0.1, 0.15) is 42.6 Å². The molecule has 0 aromatic rings. The summed E-state index contributed by atoms with van der Waals surface area (Å²) in [6, 6.07) is 0. The molecule has 4 rings (SSSR count). The topological polar surface area (TPSA) is 389 Å². The Balaban J connectivity index is -0.000000465. The first kappa shape index (κ1) is 88.5. The molecule has 4 aliphatic rings. The second kappa shape index (κ2) is 48.9. The van der Waals surface area contributed by atoms with Gasteiger partial charge in [0.15, 0.2) is 23.7 Å². The smallest absolute Gasteiger partial charge is 0.330 e. The fourth-order valence-electron chi connectivity index (χ4n) is 7.17. The molecule has 0 aromatic heterocycles. The Morgan fingerprint density at radius 3 is 1.47 bits per heavy atom. The molecule has 0 amide bonds. The largest absolute Gasteiger partial charge is 0.502 e. The van der Waals surface area contributed by atoms with E-state index in [4.69, 9.17) is 83.5 Å². The molecule has 4 fully saturated rings. The van der Waals surface area contributed by atoms with Crippen LogP contribution in [0.5, 0.6) is 0 Å². The summed E-state index contributed by atoms with van der Waals surface area (Å²) in [6.07, 6.45) is 2.09. The number of Topliss-reactive ketones (excluding diaryl/α,β-unsaturated/α-hetero) is 1. The van der Waals surface area contributed by atoms with E-state index in [1.54, 1.807) is 75.5 Å². The molecule has 86 heavy (non-hydrogen) atoms. The number of hydrogen-bond donors (Lipinski definition) is 10. The van der Waals surface area contributed by atoms with Crippen molar-refractivity contribution >= 4 is 30.0 Å². The van der Waals surface area contributed by atoms with Crippen LogP contribution >= 0.6 is 0 Å². The minimum Gasteiger partial charge on any atom is -0.502 e. The lowest BCUT2D eigenvalue weighted by atomic mass is 10.1. The molecule has 4 saturated heterocycles. The van der Waals surface area contributed by atoms with Gasteiger partial charge in [-0.25, -0.2) is 9.59 Å². The molecule has 11 atom stereocenters. The SMILES string of the molecule is C=C(C)OC.C=CC(=O)OC(C)C.CC(=O)CCC[C@H](O)[C@H](O)CO.CC(C)O.CC(C)OC(=O)/C=C/C[C@@H]1OC(C)(C)O[C@@H]1CO.CC(C)OC(=O)CCC[C@@H]1OC(C)(C)O[C@@H]1CO.CC1(C)O[C@H]2CC(O)OC[C@H]2O1.O=CC[C@H](O)[C@H](O)CO. The van der Waals surface area contributed by atoms with Crippen molar-refractivity contribution in [2.75, 3.05) is 40.1 Å². The molecular formula is C60H112O26. The Bertz CT molecular complexity index is 1830. The maximum atomic E-state index is 11.4. The molecule has 0 aromatic carbocycles. The minimum absolute atomic E-state index is 0.0104. The molecule has 508 valence electrons. The van der Waals surface area contributed by atoms with Gasteiger partial charge in [0.25, 0.3) is 0 Å². The van der Waals surface area contributed by atoms with Gasteiger partial charge in [-0.3, -0.25) is 4.79 Å². The van der Waals surface area contributed by atoms with Crippen LogP contribution in [-0.2, 0) is 76.1 Å². The maximum Gasteiger partial charge on any atom is 0.330 e. The lowest BCUT2D eigenvalue weighted by Gasteiger charge is -2.26. The number of allylic oxidation sites excluding steroid dienone is 1. The van der Waals surface area contributed by atoms with Crippen LogP contribution in [-0.4, -0.2) is 230 Å². The third-order valence-corrected chi connectivity index (χ3v) is 10.8. The number of aliphatic hydroxyl groups is 10. The Labute approximate surface area is 510 Å². The Morgan fingerprint density at radius 2 is 1.05 bits per heavy atom. The predicted octanol–water partition coefficient (Wildman–Crippen LogP) is 3.69. The summed E-state index contributed by atoms with van der Waals surface area (Å²) in [5, 5.41) is 87.5. The van der Waals surface area contributed by atoms with Crippen molar-refractivity contribution in [2.24, 2.45) is 0 Å². The molecule has 0 saturated carbocycles. The molecule has 0 aliphatic carbocycles. The number of hydrogen-bond acceptors (Lipinski definition) is 26. The lowest BCUT2D eigenvalue weighted by molar-refractivity contribution is -0.167. The highest BCUT2D eigenvalue weighted by Gasteiger charge is 2.45.